The van der Waals surface area contributed by atoms with Gasteiger partial charge in [0.25, 0.3) is 6.71 Å². The minimum atomic E-state index is -0.280. The summed E-state index contributed by atoms with van der Waals surface area (Å²) in [6.07, 6.45) is 0. The van der Waals surface area contributed by atoms with Gasteiger partial charge >= 0.3 is 0 Å². The molecule has 0 fully saturated rings. The van der Waals surface area contributed by atoms with Crippen LogP contribution in [0.1, 0.15) is 49.9 Å². The van der Waals surface area contributed by atoms with Gasteiger partial charge in [-0.1, -0.05) is 244 Å². The maximum Gasteiger partial charge on any atom is 0.268 e. The summed E-state index contributed by atoms with van der Waals surface area (Å²) < 4.78 is 9.65. The van der Waals surface area contributed by atoms with Crippen molar-refractivity contribution in [2.45, 2.75) is 48.3 Å². The summed E-state index contributed by atoms with van der Waals surface area (Å²) in [4.78, 5) is 7.73. The Morgan fingerprint density at radius 3 is 1.84 bits per heavy atom. The number of aromatic nitrogens is 1. The molecule has 0 N–H and O–H groups in total. The molecule has 0 atom stereocenters. The van der Waals surface area contributed by atoms with E-state index in [9.17, 15) is 0 Å². The summed E-state index contributed by atoms with van der Waals surface area (Å²) in [7, 11) is 0. The number of hydrogen-bond acceptors (Lipinski definition) is 4. The van der Waals surface area contributed by atoms with Gasteiger partial charge in [0.2, 0.25) is 6.71 Å². The van der Waals surface area contributed by atoms with Crippen LogP contribution >= 0.6 is 11.8 Å². The average molecular weight is 1180 g/mol. The number of nitrogens with zero attached hydrogens (tertiary/aromatic N) is 3. The minimum absolute atomic E-state index is 0.0583. The zero-order valence-electron chi connectivity index (χ0n) is 50.8. The molecule has 4 aliphatic heterocycles. The fourth-order valence-corrected chi connectivity index (χ4v) is 18.5. The first-order chi connectivity index (χ1) is 44.7. The second kappa shape index (κ2) is 18.6. The van der Waals surface area contributed by atoms with E-state index in [1.165, 1.54) is 126 Å². The van der Waals surface area contributed by atoms with Crippen molar-refractivity contribution in [3.8, 4) is 27.9 Å². The summed E-state index contributed by atoms with van der Waals surface area (Å²) in [6, 6.07) is 103. The van der Waals surface area contributed by atoms with E-state index in [1.807, 2.05) is 11.8 Å². The van der Waals surface area contributed by atoms with Crippen molar-refractivity contribution >= 4 is 141 Å². The van der Waals surface area contributed by atoms with Gasteiger partial charge in [0.15, 0.2) is 0 Å². The van der Waals surface area contributed by atoms with Crippen LogP contribution in [0.4, 0.5) is 28.4 Å². The molecular weight excluding hydrogens is 1120 g/mol. The molecule has 6 heterocycles. The Hall–Kier alpha value is -10.5. The maximum absolute atomic E-state index is 7.06. The normalized spacial score (nSPS) is 15.3. The first-order valence-corrected chi connectivity index (χ1v) is 32.8. The molecule has 0 unspecified atom stereocenters. The highest BCUT2D eigenvalue weighted by molar-refractivity contribution is 8.00. The lowest BCUT2D eigenvalue weighted by molar-refractivity contribution is 0.647. The van der Waals surface area contributed by atoms with Gasteiger partial charge in [0.05, 0.1) is 11.2 Å². The van der Waals surface area contributed by atoms with E-state index in [2.05, 4.69) is 315 Å². The van der Waals surface area contributed by atoms with E-state index in [1.54, 1.807) is 0 Å². The third kappa shape index (κ3) is 6.99. The van der Waals surface area contributed by atoms with Crippen LogP contribution < -0.4 is 37.2 Å². The number of benzene rings is 13. The van der Waals surface area contributed by atoms with Gasteiger partial charge < -0.3 is 18.8 Å². The van der Waals surface area contributed by atoms with Crippen molar-refractivity contribution in [3.63, 3.8) is 0 Å². The standard InChI is InChI=1S/C84H57B2N3OS/c1-83(2)66-33-19-34-71-76(66)86(69-47-53-38-37-50-21-14-15-28-58(50)62(53)49-67(69)83)82-79(88(71)56-24-10-6-11-25-56)64-46-51(40-43-70(64)89(82)57-26-12-7-13-27-57)52-41-44-73-63(45-52)60-31-18-30-59(80(60)90-73)54-39-42-68-75(48-54)91-74-36-20-35-72-77(74)85(68)81-78(87(72)55-22-8-5-9-23-55)61-29-16-17-32-65(61)84(81,3)4/h5-49H,1-4H3. The van der Waals surface area contributed by atoms with Crippen LogP contribution in [0.15, 0.2) is 293 Å². The highest BCUT2D eigenvalue weighted by Crippen LogP contribution is 2.56. The van der Waals surface area contributed by atoms with E-state index in [0.29, 0.717) is 0 Å². The molecule has 15 aromatic rings. The molecule has 13 aromatic carbocycles. The number of anilines is 5. The van der Waals surface area contributed by atoms with Crippen LogP contribution in [-0.4, -0.2) is 18.0 Å². The summed E-state index contributed by atoms with van der Waals surface area (Å²) >= 11 is 1.91. The molecule has 2 aromatic heterocycles. The quantitative estimate of drug-likeness (QED) is 0.127. The predicted octanol–water partition coefficient (Wildman–Crippen LogP) is 18.6. The first-order valence-electron chi connectivity index (χ1n) is 32.0. The third-order valence-corrected chi connectivity index (χ3v) is 22.4. The van der Waals surface area contributed by atoms with Gasteiger partial charge in [-0.05, 0) is 151 Å². The van der Waals surface area contributed by atoms with Crippen molar-refractivity contribution in [2.75, 3.05) is 9.80 Å². The maximum atomic E-state index is 7.06. The number of hydrogen-bond donors (Lipinski definition) is 0. The van der Waals surface area contributed by atoms with Gasteiger partial charge in [-0.3, -0.25) is 0 Å². The largest absolute Gasteiger partial charge is 0.455 e. The van der Waals surface area contributed by atoms with Crippen LogP contribution in [0.2, 0.25) is 0 Å². The van der Waals surface area contributed by atoms with E-state index in [4.69, 9.17) is 4.42 Å². The smallest absolute Gasteiger partial charge is 0.268 e. The summed E-state index contributed by atoms with van der Waals surface area (Å²) in [5, 5.41) is 8.55. The lowest BCUT2D eigenvalue weighted by Gasteiger charge is -2.45. The fourth-order valence-electron chi connectivity index (χ4n) is 17.3. The zero-order chi connectivity index (χ0) is 60.2. The number of fused-ring (bicyclic) bond motifs is 17. The lowest BCUT2D eigenvalue weighted by Crippen LogP contribution is -2.65. The molecular formula is C84H57B2N3OS. The number of allylic oxidation sites excluding steroid dienone is 1. The van der Waals surface area contributed by atoms with Crippen LogP contribution in [0.5, 0.6) is 0 Å². The van der Waals surface area contributed by atoms with Crippen LogP contribution in [0.3, 0.4) is 0 Å². The van der Waals surface area contributed by atoms with E-state index in [0.717, 1.165) is 55.6 Å². The second-order valence-electron chi connectivity index (χ2n) is 26.6. The van der Waals surface area contributed by atoms with Gasteiger partial charge in [-0.15, -0.1) is 0 Å². The first kappa shape index (κ1) is 51.4. The molecule has 0 bridgehead atoms. The van der Waals surface area contributed by atoms with Gasteiger partial charge in [-0.25, -0.2) is 0 Å². The number of rotatable bonds is 5. The molecule has 91 heavy (non-hydrogen) atoms. The average Bonchev–Trinajstić information content (AvgIpc) is 1.65. The Kier molecular flexibility index (Phi) is 10.5. The van der Waals surface area contributed by atoms with E-state index < -0.39 is 0 Å². The van der Waals surface area contributed by atoms with Crippen molar-refractivity contribution in [3.05, 3.63) is 301 Å². The van der Waals surface area contributed by atoms with E-state index >= 15 is 0 Å². The predicted molar refractivity (Wildman–Crippen MR) is 385 cm³/mol. The number of furan rings is 1. The summed E-state index contributed by atoms with van der Waals surface area (Å²) in [6.45, 7) is 9.79. The van der Waals surface area contributed by atoms with Gasteiger partial charge in [0, 0.05) is 87.6 Å². The highest BCUT2D eigenvalue weighted by atomic mass is 32.2. The number of para-hydroxylation sites is 4. The Labute approximate surface area is 533 Å². The summed E-state index contributed by atoms with van der Waals surface area (Å²) in [5.74, 6) is 0. The van der Waals surface area contributed by atoms with Gasteiger partial charge in [0.1, 0.15) is 11.2 Å². The van der Waals surface area contributed by atoms with Crippen LogP contribution in [-0.2, 0) is 10.8 Å². The van der Waals surface area contributed by atoms with Crippen LogP contribution in [0, 0.1) is 0 Å². The molecule has 4 nitrogen and oxygen atoms in total. The fraction of sp³-hybridized carbons (Fsp3) is 0.0714. The monoisotopic (exact) mass is 1180 g/mol. The molecule has 1 aliphatic carbocycles. The van der Waals surface area contributed by atoms with Crippen LogP contribution in [0.25, 0.3) is 88.0 Å². The molecule has 0 saturated heterocycles. The topological polar surface area (TPSA) is 24.6 Å². The molecule has 0 amide bonds. The molecule has 7 heteroatoms. The minimum Gasteiger partial charge on any atom is -0.455 e. The lowest BCUT2D eigenvalue weighted by atomic mass is 9.31. The molecule has 0 radical (unpaired) electrons. The highest BCUT2D eigenvalue weighted by Gasteiger charge is 2.53. The SMILES string of the molecule is CC1(C)C2=C(c3ccccc31)N(c1ccccc1)c1cccc3c1B2c1ccc(-c2cccc4c2oc2ccc(-c5ccc6c(c5)c5c(n6-c6ccccc6)B6c7cc8ccc9ccccc9c8cc7C(C)(C)c7cccc(c76)N5c5ccccc5)cc24)cc1S3. The molecule has 5 aliphatic rings. The Bertz CT molecular complexity index is 5720. The summed E-state index contributed by atoms with van der Waals surface area (Å²) in [5.41, 5.74) is 29.2. The Balaban J connectivity index is 0.747. The molecule has 426 valence electrons. The Morgan fingerprint density at radius 1 is 0.385 bits per heavy atom. The second-order valence-corrected chi connectivity index (χ2v) is 27.7. The molecule has 0 spiro atoms. The van der Waals surface area contributed by atoms with E-state index in [-0.39, 0.29) is 24.3 Å². The third-order valence-electron chi connectivity index (χ3n) is 21.3. The van der Waals surface area contributed by atoms with Crippen molar-refractivity contribution in [1.82, 2.24) is 4.57 Å². The van der Waals surface area contributed by atoms with Crippen molar-refractivity contribution in [1.29, 1.82) is 0 Å². The molecule has 20 rings (SSSR count). The Morgan fingerprint density at radius 2 is 1.02 bits per heavy atom. The van der Waals surface area contributed by atoms with Crippen molar-refractivity contribution < 1.29 is 4.42 Å². The zero-order valence-corrected chi connectivity index (χ0v) is 51.6. The van der Waals surface area contributed by atoms with Gasteiger partial charge in [-0.2, -0.15) is 0 Å². The van der Waals surface area contributed by atoms with Crippen molar-refractivity contribution in [2.24, 2.45) is 0 Å². The molecule has 0 saturated carbocycles.